The van der Waals surface area contributed by atoms with E-state index in [0.717, 1.165) is 16.8 Å². The van der Waals surface area contributed by atoms with Crippen LogP contribution in [0.1, 0.15) is 48.7 Å². The number of aromatic nitrogens is 1. The van der Waals surface area contributed by atoms with Crippen molar-refractivity contribution in [3.8, 4) is 11.5 Å². The number of benzene rings is 2. The van der Waals surface area contributed by atoms with Gasteiger partial charge in [0, 0.05) is 36.4 Å². The van der Waals surface area contributed by atoms with Gasteiger partial charge in [-0.1, -0.05) is 19.1 Å². The van der Waals surface area contributed by atoms with Crippen LogP contribution in [0.2, 0.25) is 0 Å². The number of nitrogens with zero attached hydrogens (tertiary/aromatic N) is 1. The van der Waals surface area contributed by atoms with Crippen LogP contribution in [0.4, 0.5) is 11.4 Å². The Balaban J connectivity index is 1.70. The lowest BCUT2D eigenvalue weighted by Gasteiger charge is -2.20. The minimum atomic E-state index is -0.610. The van der Waals surface area contributed by atoms with E-state index in [-0.39, 0.29) is 11.5 Å². The van der Waals surface area contributed by atoms with Gasteiger partial charge in [-0.05, 0) is 49.9 Å². The highest BCUT2D eigenvalue weighted by molar-refractivity contribution is 6.08. The summed E-state index contributed by atoms with van der Waals surface area (Å²) >= 11 is 0. The minimum absolute atomic E-state index is 0.147. The molecule has 3 aromatic rings. The maximum Gasteiger partial charge on any atom is 0.252 e. The topological polar surface area (TPSA) is 148 Å². The van der Waals surface area contributed by atoms with Crippen LogP contribution in [0.3, 0.4) is 0 Å². The lowest BCUT2D eigenvalue weighted by molar-refractivity contribution is -0.123. The van der Waals surface area contributed by atoms with Gasteiger partial charge in [-0.3, -0.25) is 14.6 Å². The Morgan fingerprint density at radius 1 is 1.16 bits per heavy atom. The second kappa shape index (κ2) is 12.1. The molecule has 2 atom stereocenters. The highest BCUT2D eigenvalue weighted by Crippen LogP contribution is 2.38. The Hall–Kier alpha value is -3.89. The molecule has 1 fully saturated rings. The van der Waals surface area contributed by atoms with Crippen molar-refractivity contribution in [3.63, 3.8) is 0 Å². The number of primary amides is 1. The van der Waals surface area contributed by atoms with Gasteiger partial charge in [-0.25, -0.2) is 0 Å². The summed E-state index contributed by atoms with van der Waals surface area (Å²) in [6.45, 7) is 7.47. The lowest BCUT2D eigenvalue weighted by Crippen LogP contribution is -2.40. The van der Waals surface area contributed by atoms with Crippen molar-refractivity contribution in [2.45, 2.75) is 52.3 Å². The zero-order valence-corrected chi connectivity index (χ0v) is 22.0. The summed E-state index contributed by atoms with van der Waals surface area (Å²) in [6, 6.07) is 8.98. The first kappa shape index (κ1) is 27.2. The average molecular weight is 522 g/mol. The van der Waals surface area contributed by atoms with Crippen LogP contribution in [0, 0.1) is 0 Å². The largest absolute Gasteiger partial charge is 0.490 e. The molecule has 0 aliphatic carbocycles. The number of amides is 2. The van der Waals surface area contributed by atoms with Gasteiger partial charge in [0.25, 0.3) is 5.91 Å². The number of anilines is 2. The van der Waals surface area contributed by atoms with E-state index < -0.39 is 18.1 Å². The van der Waals surface area contributed by atoms with Crippen molar-refractivity contribution >= 4 is 34.1 Å². The van der Waals surface area contributed by atoms with Crippen LogP contribution in [0.15, 0.2) is 36.5 Å². The van der Waals surface area contributed by atoms with E-state index in [9.17, 15) is 14.7 Å². The number of aliphatic hydroxyl groups is 1. The fourth-order valence-electron chi connectivity index (χ4n) is 4.75. The highest BCUT2D eigenvalue weighted by Gasteiger charge is 2.28. The maximum absolute atomic E-state index is 12.6. The Bertz CT molecular complexity index is 1330. The van der Waals surface area contributed by atoms with E-state index >= 15 is 0 Å². The van der Waals surface area contributed by atoms with E-state index in [0.29, 0.717) is 67.2 Å². The molecule has 2 amide bonds. The second-order valence-electron chi connectivity index (χ2n) is 9.08. The predicted octanol–water partition coefficient (Wildman–Crippen LogP) is 2.78. The fraction of sp³-hybridized carbons (Fsp3) is 0.393. The van der Waals surface area contributed by atoms with Crippen LogP contribution < -0.4 is 31.2 Å². The van der Waals surface area contributed by atoms with E-state index in [1.807, 2.05) is 45.0 Å². The number of carbonyl (C=O) groups is 2. The molecule has 0 radical (unpaired) electrons. The van der Waals surface area contributed by atoms with Crippen LogP contribution in [-0.2, 0) is 17.8 Å². The average Bonchev–Trinajstić information content (AvgIpc) is 3.34. The van der Waals surface area contributed by atoms with Crippen molar-refractivity contribution in [1.29, 1.82) is 0 Å². The Labute approximate surface area is 221 Å². The number of nitrogens with one attached hydrogen (secondary N) is 3. The lowest BCUT2D eigenvalue weighted by atomic mass is 10.0. The number of nitrogens with two attached hydrogens (primary N) is 1. The quantitative estimate of drug-likeness (QED) is 0.259. The van der Waals surface area contributed by atoms with Gasteiger partial charge in [0.1, 0.15) is 0 Å². The summed E-state index contributed by atoms with van der Waals surface area (Å²) in [6.07, 6.45) is 2.03. The molecule has 38 heavy (non-hydrogen) atoms. The number of rotatable bonds is 11. The third-order valence-electron chi connectivity index (χ3n) is 6.56. The summed E-state index contributed by atoms with van der Waals surface area (Å²) in [7, 11) is 0. The molecule has 0 bridgehead atoms. The molecule has 2 aromatic carbocycles. The van der Waals surface area contributed by atoms with Gasteiger partial charge < -0.3 is 36.3 Å². The van der Waals surface area contributed by atoms with Gasteiger partial charge in [0.15, 0.2) is 11.5 Å². The molecule has 202 valence electrons. The molecule has 0 spiro atoms. The molecule has 4 rings (SSSR count). The monoisotopic (exact) mass is 521 g/mol. The molecule has 1 saturated heterocycles. The first-order valence-electron chi connectivity index (χ1n) is 12.9. The molecule has 6 N–H and O–H groups in total. The predicted molar refractivity (Wildman–Crippen MR) is 146 cm³/mol. The van der Waals surface area contributed by atoms with Gasteiger partial charge in [0.05, 0.1) is 42.1 Å². The fourth-order valence-corrected chi connectivity index (χ4v) is 4.75. The third-order valence-corrected chi connectivity index (χ3v) is 6.56. The number of hydrogen-bond donors (Lipinski definition) is 5. The summed E-state index contributed by atoms with van der Waals surface area (Å²) < 4.78 is 11.6. The van der Waals surface area contributed by atoms with Gasteiger partial charge in [-0.15, -0.1) is 0 Å². The van der Waals surface area contributed by atoms with Crippen LogP contribution in [0.5, 0.6) is 11.5 Å². The van der Waals surface area contributed by atoms with Crippen molar-refractivity contribution in [2.75, 3.05) is 25.1 Å². The first-order valence-corrected chi connectivity index (χ1v) is 12.9. The summed E-state index contributed by atoms with van der Waals surface area (Å²) in [5.74, 6) is 0.364. The highest BCUT2D eigenvalue weighted by atomic mass is 16.5. The smallest absolute Gasteiger partial charge is 0.252 e. The number of β-amino-alcohol motifs (C(OH)–C–C–N with tert-alkyl or cyclic N) is 1. The Morgan fingerprint density at radius 3 is 2.53 bits per heavy atom. The zero-order valence-electron chi connectivity index (χ0n) is 22.0. The van der Waals surface area contributed by atoms with Crippen LogP contribution in [-0.4, -0.2) is 53.8 Å². The van der Waals surface area contributed by atoms with Crippen molar-refractivity contribution in [2.24, 2.45) is 5.73 Å². The number of ether oxygens (including phenoxy) is 2. The summed E-state index contributed by atoms with van der Waals surface area (Å²) in [5.41, 5.74) is 9.85. The number of pyridine rings is 1. The molecule has 0 unspecified atom stereocenters. The number of fused-ring (bicyclic) bond motifs is 1. The summed E-state index contributed by atoms with van der Waals surface area (Å²) in [5, 5.41) is 19.8. The van der Waals surface area contributed by atoms with Crippen LogP contribution in [0.25, 0.3) is 10.9 Å². The molecule has 1 aliphatic heterocycles. The van der Waals surface area contributed by atoms with Gasteiger partial charge in [0.2, 0.25) is 5.91 Å². The molecule has 1 aliphatic rings. The Kier molecular flexibility index (Phi) is 8.65. The molecule has 10 heteroatoms. The first-order chi connectivity index (χ1) is 18.4. The molecule has 0 saturated carbocycles. The van der Waals surface area contributed by atoms with E-state index in [4.69, 9.17) is 15.2 Å². The number of aliphatic hydroxyl groups excluding tert-OH is 1. The number of carbonyl (C=O) groups excluding carboxylic acids is 2. The standard InChI is InChI=1S/C28H35N5O5/c1-4-18-16(13-32-28(36)23-10-17(34)14-30-23)8-7-9-21(18)33-26-19-11-24(37-5-2)25(38-6-3)12-22(19)31-15-20(26)27(29)35/h7-9,11-12,15,17,23,30,34H,4-6,10,13-14H2,1-3H3,(H2,29,35)(H,31,33)(H,32,36)/t17-,23-/m1/s1. The van der Waals surface area contributed by atoms with Crippen molar-refractivity contribution < 1.29 is 24.2 Å². The Morgan fingerprint density at radius 2 is 1.89 bits per heavy atom. The molecule has 10 nitrogen and oxygen atoms in total. The molecule has 1 aromatic heterocycles. The number of hydrogen-bond acceptors (Lipinski definition) is 8. The molecular formula is C28H35N5O5. The summed E-state index contributed by atoms with van der Waals surface area (Å²) in [4.78, 5) is 29.4. The zero-order chi connectivity index (χ0) is 27.2. The molecule has 2 heterocycles. The van der Waals surface area contributed by atoms with Crippen molar-refractivity contribution in [1.82, 2.24) is 15.6 Å². The second-order valence-corrected chi connectivity index (χ2v) is 9.08. The molecular weight excluding hydrogens is 486 g/mol. The van der Waals surface area contributed by atoms with Crippen molar-refractivity contribution in [3.05, 3.63) is 53.2 Å². The maximum atomic E-state index is 12.6. The van der Waals surface area contributed by atoms with E-state index in [2.05, 4.69) is 20.9 Å². The van der Waals surface area contributed by atoms with Gasteiger partial charge >= 0.3 is 0 Å². The normalized spacial score (nSPS) is 16.8. The SMILES string of the molecule is CCOc1cc2ncc(C(N)=O)c(Nc3cccc(CNC(=O)[C@H]4C[C@@H](O)CN4)c3CC)c2cc1OCC. The minimum Gasteiger partial charge on any atom is -0.490 e. The van der Waals surface area contributed by atoms with Gasteiger partial charge in [-0.2, -0.15) is 0 Å². The van der Waals surface area contributed by atoms with Crippen LogP contribution >= 0.6 is 0 Å². The third kappa shape index (κ3) is 5.81. The van der Waals surface area contributed by atoms with E-state index in [1.165, 1.54) is 6.20 Å². The van der Waals surface area contributed by atoms with E-state index in [1.54, 1.807) is 6.07 Å².